The lowest BCUT2D eigenvalue weighted by molar-refractivity contribution is -0.153. The number of benzene rings is 1. The Labute approximate surface area is 151 Å². The van der Waals surface area contributed by atoms with Crippen molar-refractivity contribution in [2.24, 2.45) is 0 Å². The predicted octanol–water partition coefficient (Wildman–Crippen LogP) is 3.84. The van der Waals surface area contributed by atoms with E-state index in [1.54, 1.807) is 18.2 Å². The standard InChI is InChI=1S/C17H14F3N3O4/c18-17(19,20)10-26-12-5-2-1-4-11(12)21-14(24)7-8-15-22-16(23-27-15)13-6-3-9-25-13/h1-6,9H,7-8,10H2,(H,21,24). The Morgan fingerprint density at radius 1 is 1.19 bits per heavy atom. The number of ether oxygens (including phenoxy) is 1. The Morgan fingerprint density at radius 2 is 2.00 bits per heavy atom. The minimum Gasteiger partial charge on any atom is -0.482 e. The normalized spacial score (nSPS) is 11.4. The molecule has 0 atom stereocenters. The number of carbonyl (C=O) groups is 1. The third-order valence-corrected chi connectivity index (χ3v) is 3.33. The Bertz CT molecular complexity index is 891. The van der Waals surface area contributed by atoms with Gasteiger partial charge in [0.1, 0.15) is 5.75 Å². The number of nitrogens with zero attached hydrogens (tertiary/aromatic N) is 2. The van der Waals surface area contributed by atoms with Gasteiger partial charge < -0.3 is 19.0 Å². The molecule has 27 heavy (non-hydrogen) atoms. The van der Waals surface area contributed by atoms with Crippen molar-refractivity contribution in [1.29, 1.82) is 0 Å². The first-order valence-electron chi connectivity index (χ1n) is 7.85. The van der Waals surface area contributed by atoms with Crippen LogP contribution in [0, 0.1) is 0 Å². The molecule has 2 heterocycles. The SMILES string of the molecule is O=C(CCc1nc(-c2ccco2)no1)Nc1ccccc1OCC(F)(F)F. The molecule has 1 aromatic carbocycles. The van der Waals surface area contributed by atoms with Gasteiger partial charge in [0.25, 0.3) is 0 Å². The zero-order valence-corrected chi connectivity index (χ0v) is 13.8. The van der Waals surface area contributed by atoms with Crippen molar-refractivity contribution in [2.45, 2.75) is 19.0 Å². The van der Waals surface area contributed by atoms with Gasteiger partial charge in [-0.15, -0.1) is 0 Å². The number of anilines is 1. The van der Waals surface area contributed by atoms with E-state index in [1.165, 1.54) is 24.5 Å². The third-order valence-electron chi connectivity index (χ3n) is 3.33. The number of nitrogens with one attached hydrogen (secondary N) is 1. The first-order chi connectivity index (χ1) is 12.9. The molecule has 0 fully saturated rings. The van der Waals surface area contributed by atoms with Crippen LogP contribution in [0.1, 0.15) is 12.3 Å². The summed E-state index contributed by atoms with van der Waals surface area (Å²) >= 11 is 0. The lowest BCUT2D eigenvalue weighted by Crippen LogP contribution is -2.20. The molecule has 0 aliphatic rings. The van der Waals surface area contributed by atoms with Crippen LogP contribution < -0.4 is 10.1 Å². The van der Waals surface area contributed by atoms with Crippen molar-refractivity contribution < 1.29 is 31.6 Å². The summed E-state index contributed by atoms with van der Waals surface area (Å²) in [5.74, 6) is 0.432. The van der Waals surface area contributed by atoms with E-state index in [4.69, 9.17) is 13.7 Å². The van der Waals surface area contributed by atoms with Crippen LogP contribution in [0.2, 0.25) is 0 Å². The molecule has 10 heteroatoms. The van der Waals surface area contributed by atoms with Crippen LogP contribution in [-0.4, -0.2) is 28.8 Å². The molecule has 2 aromatic heterocycles. The van der Waals surface area contributed by atoms with Crippen molar-refractivity contribution in [3.05, 3.63) is 48.6 Å². The summed E-state index contributed by atoms with van der Waals surface area (Å²) in [7, 11) is 0. The van der Waals surface area contributed by atoms with E-state index < -0.39 is 18.7 Å². The van der Waals surface area contributed by atoms with Gasteiger partial charge in [-0.1, -0.05) is 17.3 Å². The van der Waals surface area contributed by atoms with Gasteiger partial charge in [-0.25, -0.2) is 0 Å². The molecule has 0 spiro atoms. The van der Waals surface area contributed by atoms with E-state index >= 15 is 0 Å². The maximum atomic E-state index is 12.3. The zero-order chi connectivity index (χ0) is 19.3. The summed E-state index contributed by atoms with van der Waals surface area (Å²) in [6, 6.07) is 9.22. The predicted molar refractivity (Wildman–Crippen MR) is 86.9 cm³/mol. The summed E-state index contributed by atoms with van der Waals surface area (Å²) in [6.45, 7) is -1.45. The second-order valence-corrected chi connectivity index (χ2v) is 5.44. The number of rotatable bonds is 7. The summed E-state index contributed by atoms with van der Waals surface area (Å²) in [6.07, 6.45) is -2.85. The smallest absolute Gasteiger partial charge is 0.422 e. The molecule has 3 rings (SSSR count). The van der Waals surface area contributed by atoms with Crippen LogP contribution >= 0.6 is 0 Å². The van der Waals surface area contributed by atoms with Crippen molar-refractivity contribution in [1.82, 2.24) is 10.1 Å². The van der Waals surface area contributed by atoms with Gasteiger partial charge in [0.15, 0.2) is 12.4 Å². The lowest BCUT2D eigenvalue weighted by Gasteiger charge is -2.13. The van der Waals surface area contributed by atoms with E-state index in [0.717, 1.165) is 0 Å². The van der Waals surface area contributed by atoms with E-state index in [1.807, 2.05) is 0 Å². The molecule has 0 saturated carbocycles. The number of carbonyl (C=O) groups excluding carboxylic acids is 1. The van der Waals surface area contributed by atoms with Crippen molar-refractivity contribution in [3.8, 4) is 17.3 Å². The Kier molecular flexibility index (Phi) is 5.43. The topological polar surface area (TPSA) is 90.4 Å². The highest BCUT2D eigenvalue weighted by atomic mass is 19.4. The quantitative estimate of drug-likeness (QED) is 0.669. The first-order valence-corrected chi connectivity index (χ1v) is 7.85. The van der Waals surface area contributed by atoms with Crippen molar-refractivity contribution >= 4 is 11.6 Å². The average Bonchev–Trinajstić information content (AvgIpc) is 3.30. The van der Waals surface area contributed by atoms with Gasteiger partial charge in [0, 0.05) is 12.8 Å². The van der Waals surface area contributed by atoms with Crippen molar-refractivity contribution in [3.63, 3.8) is 0 Å². The van der Waals surface area contributed by atoms with Crippen LogP contribution in [0.5, 0.6) is 5.75 Å². The molecule has 7 nitrogen and oxygen atoms in total. The second-order valence-electron chi connectivity index (χ2n) is 5.44. The maximum absolute atomic E-state index is 12.3. The highest BCUT2D eigenvalue weighted by Gasteiger charge is 2.28. The van der Waals surface area contributed by atoms with Gasteiger partial charge in [0.05, 0.1) is 12.0 Å². The minimum atomic E-state index is -4.47. The van der Waals surface area contributed by atoms with Crippen LogP contribution in [0.25, 0.3) is 11.6 Å². The monoisotopic (exact) mass is 381 g/mol. The molecule has 1 N–H and O–H groups in total. The van der Waals surface area contributed by atoms with Gasteiger partial charge in [-0.2, -0.15) is 18.2 Å². The highest BCUT2D eigenvalue weighted by molar-refractivity contribution is 5.92. The number of hydrogen-bond donors (Lipinski definition) is 1. The molecule has 0 aliphatic heterocycles. The number of aryl methyl sites for hydroxylation is 1. The van der Waals surface area contributed by atoms with Gasteiger partial charge in [-0.3, -0.25) is 4.79 Å². The summed E-state index contributed by atoms with van der Waals surface area (Å²) < 4.78 is 51.8. The molecular weight excluding hydrogens is 367 g/mol. The molecular formula is C17H14F3N3O4. The van der Waals surface area contributed by atoms with Crippen LogP contribution in [-0.2, 0) is 11.2 Å². The number of halogens is 3. The number of para-hydroxylation sites is 2. The fourth-order valence-electron chi connectivity index (χ4n) is 2.15. The molecule has 1 amide bonds. The zero-order valence-electron chi connectivity index (χ0n) is 13.8. The molecule has 3 aromatic rings. The fraction of sp³-hybridized carbons (Fsp3) is 0.235. The van der Waals surface area contributed by atoms with Crippen LogP contribution in [0.3, 0.4) is 0 Å². The number of alkyl halides is 3. The Morgan fingerprint density at radius 3 is 2.74 bits per heavy atom. The molecule has 0 saturated heterocycles. The lowest BCUT2D eigenvalue weighted by atomic mass is 10.2. The van der Waals surface area contributed by atoms with E-state index in [0.29, 0.717) is 5.76 Å². The van der Waals surface area contributed by atoms with Crippen LogP contribution in [0.4, 0.5) is 18.9 Å². The summed E-state index contributed by atoms with van der Waals surface area (Å²) in [5.41, 5.74) is 0.147. The molecule has 0 unspecified atom stereocenters. The fourth-order valence-corrected chi connectivity index (χ4v) is 2.15. The molecule has 0 bridgehead atoms. The summed E-state index contributed by atoms with van der Waals surface area (Å²) in [5, 5.41) is 6.26. The maximum Gasteiger partial charge on any atom is 0.422 e. The number of hydrogen-bond acceptors (Lipinski definition) is 6. The van der Waals surface area contributed by atoms with E-state index in [2.05, 4.69) is 15.5 Å². The van der Waals surface area contributed by atoms with E-state index in [9.17, 15) is 18.0 Å². The summed E-state index contributed by atoms with van der Waals surface area (Å²) in [4.78, 5) is 16.2. The largest absolute Gasteiger partial charge is 0.482 e. The average molecular weight is 381 g/mol. The third kappa shape index (κ3) is 5.33. The molecule has 0 aliphatic carbocycles. The second kappa shape index (κ2) is 7.94. The highest BCUT2D eigenvalue weighted by Crippen LogP contribution is 2.26. The van der Waals surface area contributed by atoms with Gasteiger partial charge in [0.2, 0.25) is 17.6 Å². The minimum absolute atomic E-state index is 0.00655. The number of amides is 1. The van der Waals surface area contributed by atoms with Crippen LogP contribution in [0.15, 0.2) is 51.6 Å². The van der Waals surface area contributed by atoms with Gasteiger partial charge >= 0.3 is 6.18 Å². The number of furan rings is 1. The molecule has 142 valence electrons. The van der Waals surface area contributed by atoms with E-state index in [-0.39, 0.29) is 36.0 Å². The Balaban J connectivity index is 1.55. The Hall–Kier alpha value is -3.30. The van der Waals surface area contributed by atoms with Gasteiger partial charge in [-0.05, 0) is 24.3 Å². The number of aromatic nitrogens is 2. The van der Waals surface area contributed by atoms with Crippen molar-refractivity contribution in [2.75, 3.05) is 11.9 Å². The molecule has 0 radical (unpaired) electrons. The first kappa shape index (κ1) is 18.5.